The fraction of sp³-hybridized carbons (Fsp3) is 0.656. The minimum absolute atomic E-state index is 0.0739. The first kappa shape index (κ1) is 28.6. The zero-order valence-electron chi connectivity index (χ0n) is 24.3. The molecule has 0 atom stereocenters. The van der Waals surface area contributed by atoms with Crippen molar-refractivity contribution in [2.45, 2.75) is 130 Å². The van der Waals surface area contributed by atoms with Crippen LogP contribution >= 0.6 is 0 Å². The Morgan fingerprint density at radius 2 is 1.63 bits per heavy atom. The number of amides is 1. The zero-order chi connectivity index (χ0) is 27.8. The van der Waals surface area contributed by atoms with Gasteiger partial charge in [0.15, 0.2) is 0 Å². The summed E-state index contributed by atoms with van der Waals surface area (Å²) < 4.78 is 35.3. The van der Waals surface area contributed by atoms with E-state index in [0.29, 0.717) is 17.0 Å². The summed E-state index contributed by atoms with van der Waals surface area (Å²) in [6.07, 6.45) is 9.14. The number of hydrogen-bond donors (Lipinski definition) is 1. The second-order valence-electron chi connectivity index (χ2n) is 13.5. The van der Waals surface area contributed by atoms with Gasteiger partial charge in [0.25, 0.3) is 5.91 Å². The van der Waals surface area contributed by atoms with Crippen LogP contribution in [0.25, 0.3) is 11.3 Å². The number of carbonyl (C=O) groups is 1. The van der Waals surface area contributed by atoms with Gasteiger partial charge in [-0.15, -0.1) is 0 Å². The first-order valence-corrected chi connectivity index (χ1v) is 14.4. The van der Waals surface area contributed by atoms with Gasteiger partial charge >= 0.3 is 6.61 Å². The molecule has 1 amide bonds. The predicted molar refractivity (Wildman–Crippen MR) is 150 cm³/mol. The van der Waals surface area contributed by atoms with Crippen LogP contribution in [0.1, 0.15) is 120 Å². The molecule has 1 heterocycles. The van der Waals surface area contributed by atoms with Gasteiger partial charge in [-0.05, 0) is 73.5 Å². The molecule has 0 radical (unpaired) electrons. The summed E-state index contributed by atoms with van der Waals surface area (Å²) in [4.78, 5) is 13.4. The molecular formula is C32H46F2N2O2. The van der Waals surface area contributed by atoms with Gasteiger partial charge in [-0.1, -0.05) is 66.9 Å². The number of carbonyl (C=O) groups excluding carboxylic acids is 1. The highest BCUT2D eigenvalue weighted by atomic mass is 19.3. The van der Waals surface area contributed by atoms with Crippen molar-refractivity contribution in [3.63, 3.8) is 0 Å². The van der Waals surface area contributed by atoms with E-state index in [2.05, 4.69) is 30.7 Å². The number of alkyl halides is 2. The Morgan fingerprint density at radius 3 is 2.16 bits per heavy atom. The van der Waals surface area contributed by atoms with E-state index in [1.54, 1.807) is 0 Å². The SMILES string of the molecule is Cc1c(C(=O)NC2CCC2)cc(-c2cc(C(C)(C)C)cc(C(C)(C)C)c2OC(F)F)n1CC1CCCCC1. The number of nitrogens with one attached hydrogen (secondary N) is 1. The molecule has 0 spiro atoms. The highest BCUT2D eigenvalue weighted by Gasteiger charge is 2.31. The van der Waals surface area contributed by atoms with E-state index in [0.717, 1.165) is 61.2 Å². The maximum Gasteiger partial charge on any atom is 0.387 e. The van der Waals surface area contributed by atoms with Gasteiger partial charge in [0.2, 0.25) is 0 Å². The first-order chi connectivity index (χ1) is 17.8. The van der Waals surface area contributed by atoms with Crippen molar-refractivity contribution in [2.24, 2.45) is 5.92 Å². The largest absolute Gasteiger partial charge is 0.434 e. The Hall–Kier alpha value is -2.37. The van der Waals surface area contributed by atoms with Crippen LogP contribution in [0.4, 0.5) is 8.78 Å². The lowest BCUT2D eigenvalue weighted by molar-refractivity contribution is -0.0505. The monoisotopic (exact) mass is 528 g/mol. The van der Waals surface area contributed by atoms with Crippen molar-refractivity contribution >= 4 is 5.91 Å². The molecule has 0 saturated heterocycles. The maximum absolute atomic E-state index is 13.9. The fourth-order valence-corrected chi connectivity index (χ4v) is 5.80. The number of nitrogens with zero attached hydrogens (tertiary/aromatic N) is 1. The van der Waals surface area contributed by atoms with E-state index in [-0.39, 0.29) is 23.1 Å². The predicted octanol–water partition coefficient (Wildman–Crippen LogP) is 8.52. The van der Waals surface area contributed by atoms with Gasteiger partial charge in [-0.25, -0.2) is 0 Å². The molecule has 2 aliphatic carbocycles. The molecule has 38 heavy (non-hydrogen) atoms. The summed E-state index contributed by atoms with van der Waals surface area (Å²) in [6.45, 7) is 12.3. The molecule has 2 fully saturated rings. The Bertz CT molecular complexity index is 1140. The Morgan fingerprint density at radius 1 is 0.974 bits per heavy atom. The Kier molecular flexibility index (Phi) is 8.30. The molecule has 4 nitrogen and oxygen atoms in total. The number of ether oxygens (including phenoxy) is 1. The molecule has 2 saturated carbocycles. The lowest BCUT2D eigenvalue weighted by Gasteiger charge is -2.30. The van der Waals surface area contributed by atoms with Crippen LogP contribution in [0, 0.1) is 12.8 Å². The lowest BCUT2D eigenvalue weighted by atomic mass is 9.78. The average Bonchev–Trinajstić information content (AvgIpc) is 3.11. The summed E-state index contributed by atoms with van der Waals surface area (Å²) in [5, 5.41) is 3.18. The molecule has 1 aromatic carbocycles. The van der Waals surface area contributed by atoms with Gasteiger partial charge in [0.05, 0.1) is 11.3 Å². The third-order valence-electron chi connectivity index (χ3n) is 8.46. The molecule has 6 heteroatoms. The average molecular weight is 529 g/mol. The quantitative estimate of drug-likeness (QED) is 0.391. The molecule has 1 N–H and O–H groups in total. The molecule has 210 valence electrons. The van der Waals surface area contributed by atoms with Gasteiger partial charge in [0, 0.05) is 29.4 Å². The zero-order valence-corrected chi connectivity index (χ0v) is 24.3. The lowest BCUT2D eigenvalue weighted by Crippen LogP contribution is -2.39. The summed E-state index contributed by atoms with van der Waals surface area (Å²) in [5.74, 6) is 0.646. The third-order valence-corrected chi connectivity index (χ3v) is 8.46. The molecule has 0 bridgehead atoms. The highest BCUT2D eigenvalue weighted by Crippen LogP contribution is 2.45. The summed E-state index contributed by atoms with van der Waals surface area (Å²) >= 11 is 0. The van der Waals surface area contributed by atoms with Crippen LogP contribution in [0.3, 0.4) is 0 Å². The number of aromatic nitrogens is 1. The van der Waals surface area contributed by atoms with E-state index < -0.39 is 12.0 Å². The van der Waals surface area contributed by atoms with Crippen LogP contribution in [0.5, 0.6) is 5.75 Å². The summed E-state index contributed by atoms with van der Waals surface area (Å²) in [6, 6.07) is 6.17. The maximum atomic E-state index is 13.9. The van der Waals surface area contributed by atoms with Gasteiger partial charge in [0.1, 0.15) is 5.75 Å². The van der Waals surface area contributed by atoms with E-state index in [1.807, 2.05) is 45.9 Å². The molecule has 2 aromatic rings. The molecular weight excluding hydrogens is 482 g/mol. The van der Waals surface area contributed by atoms with Gasteiger partial charge < -0.3 is 14.6 Å². The second-order valence-corrected chi connectivity index (χ2v) is 13.5. The smallest absolute Gasteiger partial charge is 0.387 e. The van der Waals surface area contributed by atoms with Crippen molar-refractivity contribution in [2.75, 3.05) is 0 Å². The van der Waals surface area contributed by atoms with E-state index in [4.69, 9.17) is 4.74 Å². The second kappa shape index (κ2) is 11.0. The van der Waals surface area contributed by atoms with Crippen LogP contribution in [0.15, 0.2) is 18.2 Å². The van der Waals surface area contributed by atoms with E-state index >= 15 is 0 Å². The van der Waals surface area contributed by atoms with Gasteiger partial charge in [-0.2, -0.15) is 8.78 Å². The van der Waals surface area contributed by atoms with Crippen molar-refractivity contribution in [3.8, 4) is 17.0 Å². The van der Waals surface area contributed by atoms with E-state index in [9.17, 15) is 13.6 Å². The number of hydrogen-bond acceptors (Lipinski definition) is 2. The summed E-state index contributed by atoms with van der Waals surface area (Å²) in [5.41, 5.74) is 4.15. The first-order valence-electron chi connectivity index (χ1n) is 14.4. The molecule has 0 aliphatic heterocycles. The third kappa shape index (κ3) is 6.26. The number of rotatable bonds is 7. The normalized spacial score (nSPS) is 17.5. The van der Waals surface area contributed by atoms with Crippen LogP contribution in [-0.2, 0) is 17.4 Å². The topological polar surface area (TPSA) is 43.3 Å². The van der Waals surface area contributed by atoms with Crippen molar-refractivity contribution in [3.05, 3.63) is 40.6 Å². The van der Waals surface area contributed by atoms with E-state index in [1.165, 1.54) is 19.3 Å². The fourth-order valence-electron chi connectivity index (χ4n) is 5.80. The van der Waals surface area contributed by atoms with Crippen molar-refractivity contribution in [1.29, 1.82) is 0 Å². The number of benzene rings is 1. The standard InChI is InChI=1S/C32H46F2N2O2/c1-20-24(29(37)35-23-14-11-15-23)18-27(36(20)19-21-12-9-8-10-13-21)25-16-22(31(2,3)4)17-26(32(5,6)7)28(25)38-30(33)34/h16-18,21,23,30H,8-15,19H2,1-7H3,(H,35,37). The van der Waals surface area contributed by atoms with Crippen LogP contribution in [-0.4, -0.2) is 23.1 Å². The Labute approximate surface area is 227 Å². The molecule has 2 aliphatic rings. The molecule has 0 unspecified atom stereocenters. The molecule has 4 rings (SSSR count). The van der Waals surface area contributed by atoms with Crippen LogP contribution < -0.4 is 10.1 Å². The molecule has 1 aromatic heterocycles. The van der Waals surface area contributed by atoms with Crippen molar-refractivity contribution in [1.82, 2.24) is 9.88 Å². The minimum Gasteiger partial charge on any atom is -0.434 e. The van der Waals surface area contributed by atoms with Crippen LogP contribution in [0.2, 0.25) is 0 Å². The number of halogens is 2. The van der Waals surface area contributed by atoms with Crippen molar-refractivity contribution < 1.29 is 18.3 Å². The summed E-state index contributed by atoms with van der Waals surface area (Å²) in [7, 11) is 0. The minimum atomic E-state index is -2.94. The Balaban J connectivity index is 1.94. The van der Waals surface area contributed by atoms with Gasteiger partial charge in [-0.3, -0.25) is 4.79 Å². The highest BCUT2D eigenvalue weighted by molar-refractivity contribution is 5.97.